The second-order valence-corrected chi connectivity index (χ2v) is 10.0. The molecule has 3 aromatic rings. The standard InChI is InChI=1S/C24H25Cl2FN4O2S/c25-19-7-2-1-6-17(19)23-29-22(33-30-23)14-31-11-4-5-16(13-31)24(32)28-10-12-34-15-18-20(26)8-3-9-21(18)27/h1-3,6-9,16H,4-5,10-15H2,(H,28,32). The zero-order chi connectivity index (χ0) is 23.9. The van der Waals surface area contributed by atoms with Gasteiger partial charge in [-0.3, -0.25) is 9.69 Å². The number of hydrogen-bond acceptors (Lipinski definition) is 6. The quantitative estimate of drug-likeness (QED) is 0.377. The van der Waals surface area contributed by atoms with E-state index >= 15 is 0 Å². The molecule has 1 N–H and O–H groups in total. The van der Waals surface area contributed by atoms with Gasteiger partial charge in [-0.2, -0.15) is 16.7 Å². The SMILES string of the molecule is O=C(NCCSCc1c(F)cccc1Cl)C1CCCN(Cc2nc(-c3ccccc3Cl)no2)C1. The highest BCUT2D eigenvalue weighted by molar-refractivity contribution is 7.98. The molecule has 4 rings (SSSR count). The van der Waals surface area contributed by atoms with Gasteiger partial charge in [0.15, 0.2) is 0 Å². The molecular formula is C24H25Cl2FN4O2S. The van der Waals surface area contributed by atoms with Crippen molar-refractivity contribution in [1.29, 1.82) is 0 Å². The summed E-state index contributed by atoms with van der Waals surface area (Å²) in [4.78, 5) is 19.3. The predicted octanol–water partition coefficient (Wildman–Crippen LogP) is 5.44. The number of amides is 1. The molecule has 180 valence electrons. The average molecular weight is 523 g/mol. The zero-order valence-corrected chi connectivity index (χ0v) is 20.8. The van der Waals surface area contributed by atoms with Crippen molar-refractivity contribution in [2.24, 2.45) is 5.92 Å². The van der Waals surface area contributed by atoms with Gasteiger partial charge >= 0.3 is 0 Å². The zero-order valence-electron chi connectivity index (χ0n) is 18.5. The molecule has 6 nitrogen and oxygen atoms in total. The van der Waals surface area contributed by atoms with Gasteiger partial charge in [-0.15, -0.1) is 0 Å². The van der Waals surface area contributed by atoms with E-state index in [1.165, 1.54) is 6.07 Å². The van der Waals surface area contributed by atoms with Gasteiger partial charge < -0.3 is 9.84 Å². The van der Waals surface area contributed by atoms with E-state index in [2.05, 4.69) is 20.4 Å². The third-order valence-corrected chi connectivity index (χ3v) is 7.34. The molecule has 1 amide bonds. The van der Waals surface area contributed by atoms with E-state index in [9.17, 15) is 9.18 Å². The molecule has 2 aromatic carbocycles. The van der Waals surface area contributed by atoms with Crippen molar-refractivity contribution in [1.82, 2.24) is 20.4 Å². The third kappa shape index (κ3) is 6.50. The summed E-state index contributed by atoms with van der Waals surface area (Å²) in [5, 5.41) is 8.05. The topological polar surface area (TPSA) is 71.3 Å². The maximum Gasteiger partial charge on any atom is 0.241 e. The molecule has 0 saturated carbocycles. The molecule has 1 aliphatic heterocycles. The molecule has 1 aromatic heterocycles. The Morgan fingerprint density at radius 2 is 2.03 bits per heavy atom. The molecule has 0 spiro atoms. The number of halogens is 3. The lowest BCUT2D eigenvalue weighted by Crippen LogP contribution is -2.43. The average Bonchev–Trinajstić information content (AvgIpc) is 3.29. The van der Waals surface area contributed by atoms with Crippen molar-refractivity contribution in [2.45, 2.75) is 25.1 Å². The number of hydrogen-bond donors (Lipinski definition) is 1. The Kier molecular flexibility index (Phi) is 8.83. The molecular weight excluding hydrogens is 498 g/mol. The van der Waals surface area contributed by atoms with Gasteiger partial charge in [-0.1, -0.05) is 46.6 Å². The van der Waals surface area contributed by atoms with Crippen molar-refractivity contribution in [3.63, 3.8) is 0 Å². The fourth-order valence-electron chi connectivity index (χ4n) is 3.91. The van der Waals surface area contributed by atoms with E-state index in [4.69, 9.17) is 27.7 Å². The number of likely N-dealkylation sites (tertiary alicyclic amines) is 1. The first kappa shape index (κ1) is 25.0. The number of carbonyl (C=O) groups excluding carboxylic acids is 1. The minimum absolute atomic E-state index is 0.0384. The molecule has 1 fully saturated rings. The van der Waals surface area contributed by atoms with Crippen LogP contribution in [0.5, 0.6) is 0 Å². The fourth-order valence-corrected chi connectivity index (χ4v) is 5.33. The normalized spacial score (nSPS) is 16.5. The lowest BCUT2D eigenvalue weighted by molar-refractivity contribution is -0.126. The van der Waals surface area contributed by atoms with Gasteiger partial charge in [0.05, 0.1) is 17.5 Å². The molecule has 10 heteroatoms. The van der Waals surface area contributed by atoms with E-state index < -0.39 is 0 Å². The summed E-state index contributed by atoms with van der Waals surface area (Å²) in [5.74, 6) is 1.76. The van der Waals surface area contributed by atoms with Crippen LogP contribution in [-0.4, -0.2) is 46.3 Å². The number of benzene rings is 2. The first-order valence-corrected chi connectivity index (χ1v) is 13.0. The number of nitrogens with zero attached hydrogens (tertiary/aromatic N) is 3. The first-order chi connectivity index (χ1) is 16.5. The molecule has 1 unspecified atom stereocenters. The molecule has 1 aliphatic rings. The van der Waals surface area contributed by atoms with Crippen LogP contribution < -0.4 is 5.32 Å². The number of thioether (sulfide) groups is 1. The van der Waals surface area contributed by atoms with Crippen LogP contribution in [0.15, 0.2) is 47.0 Å². The summed E-state index contributed by atoms with van der Waals surface area (Å²) < 4.78 is 19.3. The van der Waals surface area contributed by atoms with E-state index in [0.29, 0.717) is 58.5 Å². The molecule has 1 saturated heterocycles. The van der Waals surface area contributed by atoms with Crippen LogP contribution in [0.2, 0.25) is 10.0 Å². The van der Waals surface area contributed by atoms with Crippen molar-refractivity contribution in [3.8, 4) is 11.4 Å². The Hall–Kier alpha value is -2.13. The number of rotatable bonds is 9. The number of nitrogens with one attached hydrogen (secondary N) is 1. The van der Waals surface area contributed by atoms with Crippen molar-refractivity contribution in [3.05, 3.63) is 69.8 Å². The van der Waals surface area contributed by atoms with Crippen LogP contribution >= 0.6 is 35.0 Å². The summed E-state index contributed by atoms with van der Waals surface area (Å²) in [7, 11) is 0. The van der Waals surface area contributed by atoms with Crippen LogP contribution in [0, 0.1) is 11.7 Å². The second-order valence-electron chi connectivity index (χ2n) is 8.11. The molecule has 2 heterocycles. The van der Waals surface area contributed by atoms with Crippen molar-refractivity contribution in [2.75, 3.05) is 25.4 Å². The molecule has 0 aliphatic carbocycles. The second kappa shape index (κ2) is 12.0. The van der Waals surface area contributed by atoms with Crippen molar-refractivity contribution >= 4 is 40.9 Å². The maximum atomic E-state index is 13.8. The van der Waals surface area contributed by atoms with Crippen molar-refractivity contribution < 1.29 is 13.7 Å². The fraction of sp³-hybridized carbons (Fsp3) is 0.375. The van der Waals surface area contributed by atoms with E-state index in [1.54, 1.807) is 30.0 Å². The summed E-state index contributed by atoms with van der Waals surface area (Å²) in [6, 6.07) is 12.0. The molecule has 34 heavy (non-hydrogen) atoms. The Morgan fingerprint density at radius 1 is 1.21 bits per heavy atom. The highest BCUT2D eigenvalue weighted by Gasteiger charge is 2.27. The van der Waals surface area contributed by atoms with Crippen LogP contribution in [0.1, 0.15) is 24.3 Å². The van der Waals surface area contributed by atoms with Gasteiger partial charge in [0, 0.05) is 40.7 Å². The summed E-state index contributed by atoms with van der Waals surface area (Å²) in [6.07, 6.45) is 1.76. The van der Waals surface area contributed by atoms with E-state index in [1.807, 2.05) is 18.2 Å². The van der Waals surface area contributed by atoms with Gasteiger partial charge in [-0.25, -0.2) is 4.39 Å². The van der Waals surface area contributed by atoms with Gasteiger partial charge in [-0.05, 0) is 43.7 Å². The Bertz CT molecular complexity index is 1110. The van der Waals surface area contributed by atoms with Gasteiger partial charge in [0.25, 0.3) is 0 Å². The smallest absolute Gasteiger partial charge is 0.241 e. The number of carbonyl (C=O) groups is 1. The highest BCUT2D eigenvalue weighted by atomic mass is 35.5. The maximum absolute atomic E-state index is 13.8. The lowest BCUT2D eigenvalue weighted by Gasteiger charge is -2.30. The number of aromatic nitrogens is 2. The van der Waals surface area contributed by atoms with E-state index in [0.717, 1.165) is 24.9 Å². The van der Waals surface area contributed by atoms with Crippen LogP contribution in [-0.2, 0) is 17.1 Å². The number of piperidine rings is 1. The predicted molar refractivity (Wildman–Crippen MR) is 133 cm³/mol. The minimum atomic E-state index is -0.299. The Morgan fingerprint density at radius 3 is 2.85 bits per heavy atom. The Labute approximate surface area is 212 Å². The third-order valence-electron chi connectivity index (χ3n) is 5.67. The Balaban J connectivity index is 1.21. The molecule has 0 radical (unpaired) electrons. The summed E-state index contributed by atoms with van der Waals surface area (Å²) in [5.41, 5.74) is 1.23. The lowest BCUT2D eigenvalue weighted by atomic mass is 9.97. The summed E-state index contributed by atoms with van der Waals surface area (Å²) >= 11 is 13.8. The van der Waals surface area contributed by atoms with Gasteiger partial charge in [0.2, 0.25) is 17.6 Å². The first-order valence-electron chi connectivity index (χ1n) is 11.1. The van der Waals surface area contributed by atoms with Gasteiger partial charge in [0.1, 0.15) is 5.82 Å². The largest absolute Gasteiger partial charge is 0.355 e. The van der Waals surface area contributed by atoms with E-state index in [-0.39, 0.29) is 17.6 Å². The van der Waals surface area contributed by atoms with Crippen LogP contribution in [0.4, 0.5) is 4.39 Å². The highest BCUT2D eigenvalue weighted by Crippen LogP contribution is 2.26. The van der Waals surface area contributed by atoms with Crippen LogP contribution in [0.25, 0.3) is 11.4 Å². The van der Waals surface area contributed by atoms with Crippen LogP contribution in [0.3, 0.4) is 0 Å². The summed E-state index contributed by atoms with van der Waals surface area (Å²) in [6.45, 7) is 2.51. The molecule has 0 bridgehead atoms. The monoisotopic (exact) mass is 522 g/mol. The minimum Gasteiger partial charge on any atom is -0.355 e. The molecule has 1 atom stereocenters.